The van der Waals surface area contributed by atoms with Gasteiger partial charge in [-0.25, -0.2) is 14.8 Å². The molecule has 3 aliphatic heterocycles. The van der Waals surface area contributed by atoms with Crippen LogP contribution in [0, 0.1) is 13.8 Å². The zero-order valence-corrected chi connectivity index (χ0v) is 27.6. The molecule has 47 heavy (non-hydrogen) atoms. The number of benzene rings is 1. The number of carbonyl (C=O) groups is 2. The summed E-state index contributed by atoms with van der Waals surface area (Å²) in [5, 5.41) is 2.54. The van der Waals surface area contributed by atoms with E-state index >= 15 is 0 Å². The van der Waals surface area contributed by atoms with Gasteiger partial charge in [-0.15, -0.1) is 8.78 Å². The van der Waals surface area contributed by atoms with Gasteiger partial charge >= 0.3 is 12.4 Å². The Hall–Kier alpha value is -4.20. The summed E-state index contributed by atoms with van der Waals surface area (Å²) >= 11 is 6.38. The largest absolute Gasteiger partial charge is 0.586 e. The number of aryl methyl sites for hydroxylation is 2. The van der Waals surface area contributed by atoms with Crippen molar-refractivity contribution in [2.45, 2.75) is 96.7 Å². The highest BCUT2D eigenvalue weighted by molar-refractivity contribution is 6.35. The molecule has 2 fully saturated rings. The summed E-state index contributed by atoms with van der Waals surface area (Å²) in [5.74, 6) is -1.33. The fourth-order valence-electron chi connectivity index (χ4n) is 7.07. The molecule has 2 amide bonds. The summed E-state index contributed by atoms with van der Waals surface area (Å²) in [6.07, 6.45) is -2.36. The van der Waals surface area contributed by atoms with Gasteiger partial charge in [0.25, 0.3) is 0 Å². The van der Waals surface area contributed by atoms with Crippen LogP contribution in [0.5, 0.6) is 11.5 Å². The predicted octanol–water partition coefficient (Wildman–Crippen LogP) is 5.66. The van der Waals surface area contributed by atoms with Crippen molar-refractivity contribution in [3.63, 3.8) is 0 Å². The topological polar surface area (TPSA) is 128 Å². The van der Waals surface area contributed by atoms with Crippen LogP contribution in [0.2, 0.25) is 5.02 Å². The maximum Gasteiger partial charge on any atom is 0.586 e. The van der Waals surface area contributed by atoms with Gasteiger partial charge in [-0.05, 0) is 66.0 Å². The zero-order chi connectivity index (χ0) is 33.7. The Balaban J connectivity index is 1.29. The number of hydrogen-bond donors (Lipinski definition) is 1. The number of aromatic nitrogens is 3. The summed E-state index contributed by atoms with van der Waals surface area (Å²) in [4.78, 5) is 54.7. The number of halogens is 3. The molecular formula is C32H35ClF2N6O6. The lowest BCUT2D eigenvalue weighted by Gasteiger charge is -2.54. The van der Waals surface area contributed by atoms with Gasteiger partial charge in [0.1, 0.15) is 22.4 Å². The van der Waals surface area contributed by atoms with Crippen molar-refractivity contribution in [1.82, 2.24) is 19.4 Å². The van der Waals surface area contributed by atoms with E-state index in [0.717, 1.165) is 12.8 Å². The maximum absolute atomic E-state index is 14.4. The number of piperazine rings is 1. The molecule has 3 aromatic rings. The van der Waals surface area contributed by atoms with Crippen molar-refractivity contribution in [1.29, 1.82) is 0 Å². The molecule has 2 aromatic heterocycles. The highest BCUT2D eigenvalue weighted by atomic mass is 35.5. The Morgan fingerprint density at radius 2 is 1.79 bits per heavy atom. The first-order valence-corrected chi connectivity index (χ1v) is 16.0. The van der Waals surface area contributed by atoms with E-state index < -0.39 is 23.8 Å². The van der Waals surface area contributed by atoms with Crippen molar-refractivity contribution >= 4 is 46.1 Å². The SMILES string of the molecule is Cc1nc2c(=O)c(N3CCN(C(=O)OC(C)(C)C)[C@H]4CC[C@@H]43)c3n(c2nc1C)[C@@H](C(=O)Nc1ccc2c(c1Cl)OC(F)(F)O2)CC3C. The molecule has 1 saturated heterocycles. The molecule has 0 spiro atoms. The highest BCUT2D eigenvalue weighted by Crippen LogP contribution is 2.49. The van der Waals surface area contributed by atoms with Crippen molar-refractivity contribution in [3.8, 4) is 11.5 Å². The molecule has 1 saturated carbocycles. The summed E-state index contributed by atoms with van der Waals surface area (Å²) in [6.45, 7) is 11.8. The number of amides is 2. The average molecular weight is 673 g/mol. The minimum Gasteiger partial charge on any atom is -0.444 e. The van der Waals surface area contributed by atoms with Crippen molar-refractivity contribution in [3.05, 3.63) is 44.5 Å². The summed E-state index contributed by atoms with van der Waals surface area (Å²) < 4.78 is 43.9. The average Bonchev–Trinajstić information content (AvgIpc) is 3.47. The van der Waals surface area contributed by atoms with Crippen LogP contribution < -0.4 is 25.1 Å². The van der Waals surface area contributed by atoms with Gasteiger partial charge in [0.15, 0.2) is 22.7 Å². The van der Waals surface area contributed by atoms with E-state index in [2.05, 4.69) is 24.7 Å². The second kappa shape index (κ2) is 10.7. The number of nitrogens with one attached hydrogen (secondary N) is 1. The molecule has 1 unspecified atom stereocenters. The lowest BCUT2D eigenvalue weighted by atomic mass is 9.81. The van der Waals surface area contributed by atoms with Crippen LogP contribution in [-0.2, 0) is 9.53 Å². The predicted molar refractivity (Wildman–Crippen MR) is 169 cm³/mol. The van der Waals surface area contributed by atoms with Crippen LogP contribution in [0.4, 0.5) is 25.0 Å². The molecule has 1 N–H and O–H groups in total. The molecule has 5 heterocycles. The molecule has 0 bridgehead atoms. The molecule has 4 atom stereocenters. The van der Waals surface area contributed by atoms with Gasteiger partial charge in [0.2, 0.25) is 11.3 Å². The first-order chi connectivity index (χ1) is 22.0. The molecule has 1 aromatic carbocycles. The van der Waals surface area contributed by atoms with E-state index in [0.29, 0.717) is 42.3 Å². The van der Waals surface area contributed by atoms with E-state index in [4.69, 9.17) is 21.3 Å². The third-order valence-electron chi connectivity index (χ3n) is 9.38. The maximum atomic E-state index is 14.4. The summed E-state index contributed by atoms with van der Waals surface area (Å²) in [6, 6.07) is 1.54. The van der Waals surface area contributed by atoms with Crippen molar-refractivity contribution in [2.24, 2.45) is 0 Å². The lowest BCUT2D eigenvalue weighted by molar-refractivity contribution is -0.286. The third kappa shape index (κ3) is 5.11. The number of fused-ring (bicyclic) bond motifs is 5. The lowest BCUT2D eigenvalue weighted by Crippen LogP contribution is -2.67. The standard InChI is InChI=1S/C32H35ClF2N6O6/c1-14-13-20(29(43)38-17-7-10-21-27(22(17)33)46-32(34,35)45-21)41-24(14)25(26(42)23-28(41)37-16(3)15(2)36-23)39-11-12-40(19-9-8-18(19)39)30(44)47-31(4,5)6/h7,10,14,18-20H,8-9,11-13H2,1-6H3,(H,38,43)/t14?,18-,19-,20+/m0/s1. The van der Waals surface area contributed by atoms with Gasteiger partial charge in [-0.1, -0.05) is 18.5 Å². The number of alkyl halides is 2. The van der Waals surface area contributed by atoms with E-state index in [1.165, 1.54) is 12.1 Å². The first kappa shape index (κ1) is 31.4. The Morgan fingerprint density at radius 3 is 2.47 bits per heavy atom. The van der Waals surface area contributed by atoms with Crippen LogP contribution in [0.25, 0.3) is 11.2 Å². The van der Waals surface area contributed by atoms with Crippen LogP contribution in [0.15, 0.2) is 16.9 Å². The molecule has 1 aliphatic carbocycles. The summed E-state index contributed by atoms with van der Waals surface area (Å²) in [5.41, 5.74) is 1.91. The van der Waals surface area contributed by atoms with Crippen LogP contribution in [-0.4, -0.2) is 68.5 Å². The Bertz CT molecular complexity index is 1910. The van der Waals surface area contributed by atoms with Gasteiger partial charge in [0.05, 0.1) is 28.8 Å². The van der Waals surface area contributed by atoms with Gasteiger partial charge in [0, 0.05) is 25.0 Å². The highest BCUT2D eigenvalue weighted by Gasteiger charge is 2.49. The van der Waals surface area contributed by atoms with E-state index in [1.807, 2.05) is 27.7 Å². The second-order valence-corrected chi connectivity index (χ2v) is 14.0. The fourth-order valence-corrected chi connectivity index (χ4v) is 7.31. The number of nitrogens with zero attached hydrogens (tertiary/aromatic N) is 5. The van der Waals surface area contributed by atoms with Gasteiger partial charge in [-0.3, -0.25) is 9.59 Å². The number of anilines is 2. The number of carbonyl (C=O) groups excluding carboxylic acids is 2. The number of ether oxygens (including phenoxy) is 3. The minimum atomic E-state index is -3.87. The molecule has 250 valence electrons. The fraction of sp³-hybridized carbons (Fsp3) is 0.531. The Morgan fingerprint density at radius 1 is 1.09 bits per heavy atom. The molecular weight excluding hydrogens is 638 g/mol. The molecule has 15 heteroatoms. The molecule has 4 aliphatic rings. The normalized spacial score (nSPS) is 24.1. The molecule has 0 radical (unpaired) electrons. The number of pyridine rings is 1. The molecule has 12 nitrogen and oxygen atoms in total. The van der Waals surface area contributed by atoms with E-state index in [9.17, 15) is 23.2 Å². The smallest absolute Gasteiger partial charge is 0.444 e. The second-order valence-electron chi connectivity index (χ2n) is 13.6. The van der Waals surface area contributed by atoms with Gasteiger partial charge in [-0.2, -0.15) is 0 Å². The van der Waals surface area contributed by atoms with Crippen molar-refractivity contribution < 1.29 is 32.6 Å². The number of rotatable bonds is 3. The summed E-state index contributed by atoms with van der Waals surface area (Å²) in [7, 11) is 0. The monoisotopic (exact) mass is 672 g/mol. The van der Waals surface area contributed by atoms with Crippen molar-refractivity contribution in [2.75, 3.05) is 23.3 Å². The van der Waals surface area contributed by atoms with Gasteiger partial charge < -0.3 is 33.9 Å². The minimum absolute atomic E-state index is 0.0667. The Kier molecular flexibility index (Phi) is 7.12. The zero-order valence-electron chi connectivity index (χ0n) is 26.8. The Labute approximate surface area is 273 Å². The number of hydrogen-bond acceptors (Lipinski definition) is 9. The van der Waals surface area contributed by atoms with Crippen LogP contribution >= 0.6 is 11.6 Å². The van der Waals surface area contributed by atoms with E-state index in [-0.39, 0.29) is 62.9 Å². The van der Waals surface area contributed by atoms with Crippen LogP contribution in [0.1, 0.15) is 76.0 Å². The van der Waals surface area contributed by atoms with E-state index in [1.54, 1.807) is 23.3 Å². The first-order valence-electron chi connectivity index (χ1n) is 15.6. The molecule has 7 rings (SSSR count). The quantitative estimate of drug-likeness (QED) is 0.375. The third-order valence-corrected chi connectivity index (χ3v) is 9.75. The van der Waals surface area contributed by atoms with Crippen LogP contribution in [0.3, 0.4) is 0 Å².